The normalized spacial score (nSPS) is 16.5. The number of rotatable bonds is 10. The van der Waals surface area contributed by atoms with Gasteiger partial charge in [0.1, 0.15) is 0 Å². The van der Waals surface area contributed by atoms with Crippen molar-refractivity contribution in [2.24, 2.45) is 0 Å². The van der Waals surface area contributed by atoms with Gasteiger partial charge in [0.15, 0.2) is 0 Å². The minimum Gasteiger partial charge on any atom is -0.310 e. The molecule has 0 aliphatic carbocycles. The van der Waals surface area contributed by atoms with Crippen molar-refractivity contribution in [3.63, 3.8) is 0 Å². The molecule has 0 amide bonds. The molecule has 4 nitrogen and oxygen atoms in total. The second kappa shape index (κ2) is 27.1. The van der Waals surface area contributed by atoms with Crippen molar-refractivity contribution in [2.45, 2.75) is 131 Å². The van der Waals surface area contributed by atoms with Crippen molar-refractivity contribution in [3.8, 4) is 78.1 Å². The van der Waals surface area contributed by atoms with Crippen LogP contribution in [0.3, 0.4) is 0 Å². The minimum atomic E-state index is -1.77. The molecule has 0 radical (unpaired) electrons. The van der Waals surface area contributed by atoms with Crippen LogP contribution >= 0.6 is 0 Å². The second-order valence-corrected chi connectivity index (χ2v) is 35.1. The van der Waals surface area contributed by atoms with Crippen LogP contribution in [0.1, 0.15) is 170 Å². The standard InChI is InChI=1S/C110H99BN4/c1-106(2,3)78-44-32-42-74(58-78)76-50-56-97-91(60-76)85-46-28-30-48-95(85)112(97)83-52-54-93-99(68-83)114(104-87(70-34-20-16-21-35-70)62-80(108(7,8)9)63-88(104)71-36-22-17-23-37-71)101-66-82(110(13,14)15)67-102-103(101)111(93)94-55-53-84(113-96-49-31-29-47-86(96)92-61-77(51-57-98(92)113)75-43-33-45-79(59-75)107(4,5)6)69-100(94)115(102)105-89(72-38-24-18-25-39-72)64-81(109(10,11)12)65-90(105)73-40-26-19-27-41-73/h16-69H,1-15H3/i28D,29D,30D,31D,32D,33D,42D,43D,44D,45D,46D,47D,48D,49D,50D,51D,52D,53D,54D,55D,56D,57D,58D,59D,60D,61D,68D,69D. The van der Waals surface area contributed by atoms with Gasteiger partial charge in [0.05, 0.1) is 71.8 Å². The molecule has 562 valence electrons. The van der Waals surface area contributed by atoms with Gasteiger partial charge in [0.2, 0.25) is 0 Å². The van der Waals surface area contributed by atoms with E-state index in [1.807, 2.05) is 164 Å². The Hall–Kier alpha value is -12.4. The number of nitrogens with zero attached hydrogens (tertiary/aromatic N) is 4. The molecule has 17 aromatic rings. The van der Waals surface area contributed by atoms with Crippen molar-refractivity contribution in [1.29, 1.82) is 0 Å². The van der Waals surface area contributed by atoms with Crippen LogP contribution in [0.4, 0.5) is 34.1 Å². The first kappa shape index (κ1) is 47.9. The van der Waals surface area contributed by atoms with E-state index in [0.717, 1.165) is 20.3 Å². The number of para-hydroxylation sites is 2. The van der Waals surface area contributed by atoms with Gasteiger partial charge in [0.25, 0.3) is 6.71 Å². The minimum absolute atomic E-state index is 0.0354. The first-order valence-corrected chi connectivity index (χ1v) is 38.9. The van der Waals surface area contributed by atoms with E-state index < -0.39 is 280 Å². The van der Waals surface area contributed by atoms with Crippen molar-refractivity contribution >= 4 is 101 Å². The Kier molecular flexibility index (Phi) is 11.3. The molecule has 5 heteroatoms. The van der Waals surface area contributed by atoms with Crippen LogP contribution in [0, 0.1) is 0 Å². The van der Waals surface area contributed by atoms with Gasteiger partial charge in [-0.15, -0.1) is 0 Å². The topological polar surface area (TPSA) is 16.3 Å². The van der Waals surface area contributed by atoms with Gasteiger partial charge in [-0.2, -0.15) is 0 Å². The molecule has 4 heterocycles. The Bertz CT molecular complexity index is 7890. The van der Waals surface area contributed by atoms with Crippen LogP contribution in [0.2, 0.25) is 0 Å². The third kappa shape index (κ3) is 12.5. The second-order valence-electron chi connectivity index (χ2n) is 35.1. The molecule has 0 saturated carbocycles. The van der Waals surface area contributed by atoms with Gasteiger partial charge in [-0.1, -0.05) is 334 Å². The van der Waals surface area contributed by atoms with Crippen molar-refractivity contribution in [3.05, 3.63) is 355 Å². The Labute approximate surface area is 719 Å². The van der Waals surface area contributed by atoms with Gasteiger partial charge >= 0.3 is 0 Å². The van der Waals surface area contributed by atoms with E-state index in [-0.39, 0.29) is 50.3 Å². The van der Waals surface area contributed by atoms with Crippen LogP contribution in [-0.2, 0) is 27.1 Å². The van der Waals surface area contributed by atoms with Crippen molar-refractivity contribution in [1.82, 2.24) is 9.13 Å². The molecular formula is C110H99BN4. The summed E-state index contributed by atoms with van der Waals surface area (Å²) in [6.07, 6.45) is 0. The summed E-state index contributed by atoms with van der Waals surface area (Å²) in [6, 6.07) is 29.0. The number of hydrogen-bond acceptors (Lipinski definition) is 2. The Morgan fingerprint density at radius 2 is 0.565 bits per heavy atom. The van der Waals surface area contributed by atoms with Gasteiger partial charge in [-0.3, -0.25) is 0 Å². The number of anilines is 6. The van der Waals surface area contributed by atoms with E-state index in [1.165, 1.54) is 0 Å². The van der Waals surface area contributed by atoms with E-state index in [2.05, 4.69) is 65.8 Å². The SMILES string of the molecule is [2H]c1c([2H])c(-c2c([2H])c([2H])c3c(c2[2H])c2c([2H])c([2H])c([2H])c([2H])c2n3-c2c([2H])c([2H])c3c(c2[2H])N(c2c(-c4ccccc4)cc(C(C)(C)C)cc2-c2ccccc2)c2cc(C(C)(C)C)cc4c2B3c2c([2H])c([2H])c(-n3c5c([2H])c([2H])c([2H])c([2H])c5c5c([2H])c(-c6c([2H])c([2H])c([2H])c(C(C)(C)C)c6[2H])c([2H])c([2H])c53)c([2H])c2N4c2c(-c3ccccc3)cc(C(C)(C)C)cc2-c2ccccc2)c([2H])c(C(C)(C)C)c1[2H]. The number of hydrogen-bond donors (Lipinski definition) is 0. The predicted octanol–water partition coefficient (Wildman–Crippen LogP) is 28.5. The van der Waals surface area contributed by atoms with Crippen molar-refractivity contribution < 1.29 is 38.4 Å². The maximum absolute atomic E-state index is 12.1. The summed E-state index contributed by atoms with van der Waals surface area (Å²) < 4.78 is 290. The number of benzene rings is 15. The highest BCUT2D eigenvalue weighted by atomic mass is 15.2. The largest absolute Gasteiger partial charge is 0.310 e. The molecule has 15 aromatic carbocycles. The van der Waals surface area contributed by atoms with Crippen LogP contribution in [-0.4, -0.2) is 15.8 Å². The molecule has 0 unspecified atom stereocenters. The summed E-state index contributed by atoms with van der Waals surface area (Å²) in [5.74, 6) is 0. The average Bonchev–Trinajstić information content (AvgIpc) is 1.56. The molecule has 0 N–H and O–H groups in total. The van der Waals surface area contributed by atoms with E-state index in [0.29, 0.717) is 61.4 Å². The Balaban J connectivity index is 1.08. The maximum Gasteiger partial charge on any atom is 0.252 e. The van der Waals surface area contributed by atoms with E-state index in [1.54, 1.807) is 41.5 Å². The zero-order valence-electron chi connectivity index (χ0n) is 94.9. The molecule has 0 fully saturated rings. The molecule has 2 aromatic heterocycles. The fraction of sp³-hybridized carbons (Fsp3) is 0.182. The third-order valence-corrected chi connectivity index (χ3v) is 22.2. The molecule has 0 atom stereocenters. The molecule has 0 saturated heterocycles. The summed E-state index contributed by atoms with van der Waals surface area (Å²) in [5.41, 5.74) is -2.83. The summed E-state index contributed by atoms with van der Waals surface area (Å²) in [4.78, 5) is 3.70. The van der Waals surface area contributed by atoms with E-state index >= 15 is 0 Å². The molecule has 2 aliphatic rings. The van der Waals surface area contributed by atoms with Gasteiger partial charge in [0, 0.05) is 77.9 Å². The summed E-state index contributed by atoms with van der Waals surface area (Å²) >= 11 is 0. The van der Waals surface area contributed by atoms with Gasteiger partial charge in [-0.05, 0) is 213 Å². The average molecular weight is 1520 g/mol. The quantitative estimate of drug-likeness (QED) is 0.127. The molecule has 115 heavy (non-hydrogen) atoms. The lowest BCUT2D eigenvalue weighted by atomic mass is 9.33. The Morgan fingerprint density at radius 1 is 0.252 bits per heavy atom. The highest BCUT2D eigenvalue weighted by Crippen LogP contribution is 2.56. The smallest absolute Gasteiger partial charge is 0.252 e. The van der Waals surface area contributed by atoms with Crippen LogP contribution in [0.15, 0.2) is 327 Å². The first-order valence-electron chi connectivity index (χ1n) is 52.9. The molecule has 19 rings (SSSR count). The molecular weight excluding hydrogens is 1390 g/mol. The summed E-state index contributed by atoms with van der Waals surface area (Å²) in [5, 5.41) is -1.89. The summed E-state index contributed by atoms with van der Waals surface area (Å²) in [7, 11) is 0. The fourth-order valence-corrected chi connectivity index (χ4v) is 16.0. The lowest BCUT2D eigenvalue weighted by molar-refractivity contribution is 0.590. The lowest BCUT2D eigenvalue weighted by Gasteiger charge is -2.47. The molecule has 0 spiro atoms. The first-order chi connectivity index (χ1) is 66.9. The fourth-order valence-electron chi connectivity index (χ4n) is 16.0. The molecule has 0 bridgehead atoms. The summed E-state index contributed by atoms with van der Waals surface area (Å²) in [6.45, 7) is 26.8. The Morgan fingerprint density at radius 3 is 0.904 bits per heavy atom. The maximum atomic E-state index is 12.1. The lowest BCUT2D eigenvalue weighted by Crippen LogP contribution is -2.61. The highest BCUT2D eigenvalue weighted by Gasteiger charge is 2.47. The van der Waals surface area contributed by atoms with Crippen LogP contribution in [0.25, 0.3) is 122 Å². The molecule has 2 aliphatic heterocycles. The van der Waals surface area contributed by atoms with Gasteiger partial charge in [-0.25, -0.2) is 0 Å². The zero-order valence-corrected chi connectivity index (χ0v) is 66.9. The number of fused-ring (bicyclic) bond motifs is 10. The van der Waals surface area contributed by atoms with E-state index in [9.17, 15) is 35.6 Å². The van der Waals surface area contributed by atoms with Crippen molar-refractivity contribution in [2.75, 3.05) is 9.80 Å². The number of aromatic nitrogens is 2. The monoisotopic (exact) mass is 1510 g/mol. The van der Waals surface area contributed by atoms with E-state index in [4.69, 9.17) is 2.74 Å². The highest BCUT2D eigenvalue weighted by molar-refractivity contribution is 7.00. The van der Waals surface area contributed by atoms with Crippen LogP contribution < -0.4 is 26.2 Å². The van der Waals surface area contributed by atoms with Gasteiger partial charge < -0.3 is 18.9 Å². The predicted molar refractivity (Wildman–Crippen MR) is 495 cm³/mol. The zero-order chi connectivity index (χ0) is 104. The third-order valence-electron chi connectivity index (χ3n) is 22.2. The van der Waals surface area contributed by atoms with Crippen LogP contribution in [0.5, 0.6) is 0 Å².